The van der Waals surface area contributed by atoms with Gasteiger partial charge in [-0.2, -0.15) is 0 Å². The molecular weight excluding hydrogens is 407 g/mol. The van der Waals surface area contributed by atoms with Gasteiger partial charge >= 0.3 is 0 Å². The lowest BCUT2D eigenvalue weighted by atomic mass is 9.63. The van der Waals surface area contributed by atoms with Crippen LogP contribution in [0.15, 0.2) is 24.3 Å². The highest BCUT2D eigenvalue weighted by atomic mass is 19.2. The molecule has 168 valence electrons. The molecule has 0 N–H and O–H groups in total. The van der Waals surface area contributed by atoms with E-state index in [1.807, 2.05) is 0 Å². The maximum absolute atomic E-state index is 14.8. The molecule has 0 saturated heterocycles. The van der Waals surface area contributed by atoms with Gasteiger partial charge in [-0.1, -0.05) is 32.6 Å². The Kier molecular flexibility index (Phi) is 6.68. The number of hydrogen-bond acceptors (Lipinski definition) is 0. The van der Waals surface area contributed by atoms with Gasteiger partial charge in [-0.3, -0.25) is 0 Å². The lowest BCUT2D eigenvalue weighted by Crippen LogP contribution is -2.30. The fraction of sp³-hybridized carbons (Fsp3) is 0.538. The van der Waals surface area contributed by atoms with Gasteiger partial charge < -0.3 is 0 Å². The molecule has 2 aromatic rings. The molecule has 0 amide bonds. The van der Waals surface area contributed by atoms with Gasteiger partial charge in [-0.15, -0.1) is 0 Å². The molecule has 1 unspecified atom stereocenters. The van der Waals surface area contributed by atoms with Crippen molar-refractivity contribution in [3.8, 4) is 11.1 Å². The van der Waals surface area contributed by atoms with E-state index >= 15 is 0 Å². The molecule has 0 heterocycles. The Bertz CT molecular complexity index is 891. The smallest absolute Gasteiger partial charge is 0.194 e. The van der Waals surface area contributed by atoms with Crippen LogP contribution in [-0.4, -0.2) is 0 Å². The predicted molar refractivity (Wildman–Crippen MR) is 112 cm³/mol. The second-order valence-corrected chi connectivity index (χ2v) is 9.46. The minimum absolute atomic E-state index is 0.0909. The lowest BCUT2D eigenvalue weighted by molar-refractivity contribution is 0.113. The zero-order valence-electron chi connectivity index (χ0n) is 17.9. The van der Waals surface area contributed by atoms with Crippen molar-refractivity contribution in [2.24, 2.45) is 17.8 Å². The maximum Gasteiger partial charge on any atom is 0.194 e. The van der Waals surface area contributed by atoms with Crippen molar-refractivity contribution in [2.75, 3.05) is 0 Å². The summed E-state index contributed by atoms with van der Waals surface area (Å²) in [4.78, 5) is 0. The average Bonchev–Trinajstić information content (AvgIpc) is 2.75. The van der Waals surface area contributed by atoms with E-state index in [1.165, 1.54) is 50.7 Å². The highest BCUT2D eigenvalue weighted by Crippen LogP contribution is 2.49. The van der Waals surface area contributed by atoms with Crippen LogP contribution in [0.5, 0.6) is 0 Å². The first-order valence-corrected chi connectivity index (χ1v) is 11.5. The van der Waals surface area contributed by atoms with Gasteiger partial charge in [0.25, 0.3) is 0 Å². The Morgan fingerprint density at radius 3 is 2.00 bits per heavy atom. The van der Waals surface area contributed by atoms with E-state index in [0.29, 0.717) is 29.5 Å². The Hall–Kier alpha value is -1.91. The third-order valence-electron chi connectivity index (χ3n) is 7.50. The topological polar surface area (TPSA) is 0 Å². The van der Waals surface area contributed by atoms with Gasteiger partial charge in [-0.25, -0.2) is 22.0 Å². The van der Waals surface area contributed by atoms with E-state index in [2.05, 4.69) is 6.92 Å². The fourth-order valence-corrected chi connectivity index (χ4v) is 5.85. The number of hydrogen-bond donors (Lipinski definition) is 0. The molecule has 2 saturated carbocycles. The first-order chi connectivity index (χ1) is 14.9. The normalized spacial score (nSPS) is 26.0. The van der Waals surface area contributed by atoms with Crippen LogP contribution in [0.1, 0.15) is 76.2 Å². The summed E-state index contributed by atoms with van der Waals surface area (Å²) in [5.74, 6) is -4.10. The molecule has 0 spiro atoms. The summed E-state index contributed by atoms with van der Waals surface area (Å²) in [6.07, 6.45) is 10.5. The van der Waals surface area contributed by atoms with Crippen molar-refractivity contribution < 1.29 is 22.0 Å². The van der Waals surface area contributed by atoms with Crippen molar-refractivity contribution >= 4 is 0 Å². The maximum atomic E-state index is 14.8. The van der Waals surface area contributed by atoms with Crippen molar-refractivity contribution in [1.29, 1.82) is 0 Å². The van der Waals surface area contributed by atoms with Crippen LogP contribution in [0.25, 0.3) is 11.1 Å². The molecule has 2 aliphatic carbocycles. The molecule has 0 nitrogen and oxygen atoms in total. The standard InChI is InChI=1S/C26H29F5/c1-2-3-4-15-5-6-17-10-18(8-7-16(17)9-15)19-11-21(27)25(22(28)12-19)20-13-23(29)26(31)24(30)14-20/h11-18H,2-10H2,1H3/t15?,16-,17-,18-/m1/s1. The van der Waals surface area contributed by atoms with Gasteiger partial charge in [-0.05, 0) is 91.2 Å². The SMILES string of the molecule is CCCCC1CC[C@@H]2C[C@H](c3cc(F)c(-c4cc(F)c(F)c(F)c4)c(F)c3)CC[C@@H]2C1. The van der Waals surface area contributed by atoms with E-state index < -0.39 is 34.6 Å². The van der Waals surface area contributed by atoms with Gasteiger partial charge in [0.05, 0.1) is 5.56 Å². The Labute approximate surface area is 180 Å². The third-order valence-corrected chi connectivity index (χ3v) is 7.50. The van der Waals surface area contributed by atoms with E-state index in [9.17, 15) is 22.0 Å². The highest BCUT2D eigenvalue weighted by molar-refractivity contribution is 5.65. The number of halogens is 5. The van der Waals surface area contributed by atoms with Crippen molar-refractivity contribution in [3.63, 3.8) is 0 Å². The summed E-state index contributed by atoms with van der Waals surface area (Å²) >= 11 is 0. The van der Waals surface area contributed by atoms with Crippen LogP contribution >= 0.6 is 0 Å². The molecule has 0 aliphatic heterocycles. The molecule has 2 aromatic carbocycles. The Balaban J connectivity index is 1.51. The highest BCUT2D eigenvalue weighted by Gasteiger charge is 2.36. The molecule has 2 aliphatic rings. The Morgan fingerprint density at radius 1 is 0.742 bits per heavy atom. The van der Waals surface area contributed by atoms with Gasteiger partial charge in [0, 0.05) is 0 Å². The monoisotopic (exact) mass is 436 g/mol. The number of rotatable bonds is 5. The molecular formula is C26H29F5. The molecule has 0 radical (unpaired) electrons. The number of benzene rings is 2. The average molecular weight is 437 g/mol. The quantitative estimate of drug-likeness (QED) is 0.325. The van der Waals surface area contributed by atoms with Gasteiger partial charge in [0.1, 0.15) is 11.6 Å². The van der Waals surface area contributed by atoms with Gasteiger partial charge in [0.2, 0.25) is 0 Å². The summed E-state index contributed by atoms with van der Waals surface area (Å²) < 4.78 is 70.0. The third kappa shape index (κ3) is 4.65. The predicted octanol–water partition coefficient (Wildman–Crippen LogP) is 8.54. The molecule has 4 rings (SSSR count). The molecule has 2 fully saturated rings. The first kappa shape index (κ1) is 22.3. The molecule has 31 heavy (non-hydrogen) atoms. The minimum atomic E-state index is -1.65. The number of unbranched alkanes of at least 4 members (excludes halogenated alkanes) is 1. The minimum Gasteiger partial charge on any atom is -0.206 e. The van der Waals surface area contributed by atoms with E-state index in [4.69, 9.17) is 0 Å². The summed E-state index contributed by atoms with van der Waals surface area (Å²) in [5, 5.41) is 0. The molecule has 4 atom stereocenters. The summed E-state index contributed by atoms with van der Waals surface area (Å²) in [7, 11) is 0. The first-order valence-electron chi connectivity index (χ1n) is 11.5. The summed E-state index contributed by atoms with van der Waals surface area (Å²) in [5.41, 5.74) is -0.257. The van der Waals surface area contributed by atoms with E-state index in [-0.39, 0.29) is 11.5 Å². The molecule has 0 bridgehead atoms. The molecule has 5 heteroatoms. The lowest BCUT2D eigenvalue weighted by Gasteiger charge is -2.42. The zero-order valence-corrected chi connectivity index (χ0v) is 17.9. The van der Waals surface area contributed by atoms with Crippen molar-refractivity contribution in [2.45, 2.75) is 70.6 Å². The zero-order chi connectivity index (χ0) is 22.1. The Morgan fingerprint density at radius 2 is 1.35 bits per heavy atom. The van der Waals surface area contributed by atoms with Crippen molar-refractivity contribution in [3.05, 3.63) is 58.9 Å². The second kappa shape index (κ2) is 9.30. The summed E-state index contributed by atoms with van der Waals surface area (Å²) in [6, 6.07) is 3.83. The molecule has 0 aromatic heterocycles. The van der Waals surface area contributed by atoms with Crippen LogP contribution < -0.4 is 0 Å². The van der Waals surface area contributed by atoms with E-state index in [1.54, 1.807) is 0 Å². The largest absolute Gasteiger partial charge is 0.206 e. The fourth-order valence-electron chi connectivity index (χ4n) is 5.85. The van der Waals surface area contributed by atoms with Gasteiger partial charge in [0.15, 0.2) is 17.5 Å². The number of fused-ring (bicyclic) bond motifs is 1. The summed E-state index contributed by atoms with van der Waals surface area (Å²) in [6.45, 7) is 2.23. The van der Waals surface area contributed by atoms with Crippen LogP contribution in [0, 0.1) is 46.8 Å². The van der Waals surface area contributed by atoms with Crippen molar-refractivity contribution in [1.82, 2.24) is 0 Å². The van der Waals surface area contributed by atoms with Crippen LogP contribution in [0.3, 0.4) is 0 Å². The van der Waals surface area contributed by atoms with Crippen LogP contribution in [0.2, 0.25) is 0 Å². The second-order valence-electron chi connectivity index (χ2n) is 9.46. The van der Waals surface area contributed by atoms with Crippen LogP contribution in [-0.2, 0) is 0 Å². The van der Waals surface area contributed by atoms with E-state index in [0.717, 1.165) is 25.2 Å². The van der Waals surface area contributed by atoms with Crippen LogP contribution in [0.4, 0.5) is 22.0 Å².